The van der Waals surface area contributed by atoms with Crippen LogP contribution in [0.3, 0.4) is 0 Å². The summed E-state index contributed by atoms with van der Waals surface area (Å²) < 4.78 is 4.84. The summed E-state index contributed by atoms with van der Waals surface area (Å²) >= 11 is 0. The molecule has 0 aliphatic heterocycles. The first kappa shape index (κ1) is 9.92. The van der Waals surface area contributed by atoms with Crippen molar-refractivity contribution >= 4 is 0 Å². The van der Waals surface area contributed by atoms with Crippen LogP contribution in [0.1, 0.15) is 26.7 Å². The number of hydrogen-bond acceptors (Lipinski definition) is 2. The molecule has 2 nitrogen and oxygen atoms in total. The molecule has 0 aliphatic rings. The van der Waals surface area contributed by atoms with Crippen LogP contribution in [0.15, 0.2) is 0 Å². The number of aliphatic hydroxyl groups excluding tert-OH is 1. The van der Waals surface area contributed by atoms with Crippen molar-refractivity contribution in [3.8, 4) is 0 Å². The zero-order valence-electron chi connectivity index (χ0n) is 7.13. The van der Waals surface area contributed by atoms with Crippen LogP contribution in [0, 0.1) is 5.92 Å². The minimum absolute atomic E-state index is 0.278. The van der Waals surface area contributed by atoms with Crippen molar-refractivity contribution < 1.29 is 9.84 Å². The van der Waals surface area contributed by atoms with Crippen LogP contribution in [0.5, 0.6) is 0 Å². The Morgan fingerprint density at radius 1 is 1.30 bits per heavy atom. The van der Waals surface area contributed by atoms with E-state index in [1.165, 1.54) is 0 Å². The maximum Gasteiger partial charge on any atom is 0.0801 e. The monoisotopic (exact) mass is 146 g/mol. The molecule has 2 heteroatoms. The molecule has 0 aromatic heterocycles. The van der Waals surface area contributed by atoms with Gasteiger partial charge in [0.15, 0.2) is 0 Å². The lowest BCUT2D eigenvalue weighted by atomic mass is 9.97. The van der Waals surface area contributed by atoms with Crippen LogP contribution in [-0.2, 0) is 4.74 Å². The van der Waals surface area contributed by atoms with E-state index in [1.54, 1.807) is 7.11 Å². The Hall–Kier alpha value is -0.0800. The van der Waals surface area contributed by atoms with Gasteiger partial charge in [-0.1, -0.05) is 26.7 Å². The molecule has 0 heterocycles. The normalized spacial score (nSPS) is 14.1. The van der Waals surface area contributed by atoms with E-state index < -0.39 is 0 Å². The molecule has 0 saturated heterocycles. The number of ether oxygens (including phenoxy) is 1. The van der Waals surface area contributed by atoms with Gasteiger partial charge in [0.2, 0.25) is 0 Å². The van der Waals surface area contributed by atoms with Crippen molar-refractivity contribution in [1.29, 1.82) is 0 Å². The van der Waals surface area contributed by atoms with Gasteiger partial charge >= 0.3 is 0 Å². The third kappa shape index (κ3) is 3.18. The second-order valence-electron chi connectivity index (χ2n) is 2.60. The number of hydrogen-bond donors (Lipinski definition) is 1. The minimum Gasteiger partial charge on any atom is -0.390 e. The Labute approximate surface area is 63.2 Å². The molecule has 62 valence electrons. The zero-order chi connectivity index (χ0) is 7.98. The molecule has 1 N–H and O–H groups in total. The summed E-state index contributed by atoms with van der Waals surface area (Å²) in [6, 6.07) is 0. The summed E-state index contributed by atoms with van der Waals surface area (Å²) in [5, 5.41) is 9.38. The van der Waals surface area contributed by atoms with Crippen molar-refractivity contribution in [2.75, 3.05) is 13.7 Å². The molecule has 0 aliphatic carbocycles. The molecule has 10 heavy (non-hydrogen) atoms. The van der Waals surface area contributed by atoms with E-state index in [4.69, 9.17) is 4.74 Å². The molecule has 0 saturated carbocycles. The lowest BCUT2D eigenvalue weighted by molar-refractivity contribution is 0.0228. The van der Waals surface area contributed by atoms with E-state index in [-0.39, 0.29) is 6.10 Å². The standard InChI is InChI=1S/C8H18O2/c1-4-7(5-2)8(9)6-10-3/h7-9H,4-6H2,1-3H3. The highest BCUT2D eigenvalue weighted by atomic mass is 16.5. The minimum atomic E-state index is -0.278. The highest BCUT2D eigenvalue weighted by Crippen LogP contribution is 2.12. The lowest BCUT2D eigenvalue weighted by Gasteiger charge is -2.18. The van der Waals surface area contributed by atoms with Crippen molar-refractivity contribution in [1.82, 2.24) is 0 Å². The molecular formula is C8H18O2. The maximum atomic E-state index is 9.38. The van der Waals surface area contributed by atoms with Crippen molar-refractivity contribution in [3.63, 3.8) is 0 Å². The average molecular weight is 146 g/mol. The van der Waals surface area contributed by atoms with Crippen LogP contribution >= 0.6 is 0 Å². The third-order valence-electron chi connectivity index (χ3n) is 1.93. The van der Waals surface area contributed by atoms with Crippen LogP contribution in [0.4, 0.5) is 0 Å². The van der Waals surface area contributed by atoms with Gasteiger partial charge in [-0.25, -0.2) is 0 Å². The van der Waals surface area contributed by atoms with E-state index in [0.717, 1.165) is 12.8 Å². The third-order valence-corrected chi connectivity index (χ3v) is 1.93. The van der Waals surface area contributed by atoms with Crippen LogP contribution in [-0.4, -0.2) is 24.9 Å². The van der Waals surface area contributed by atoms with Gasteiger partial charge < -0.3 is 9.84 Å². The smallest absolute Gasteiger partial charge is 0.0801 e. The molecule has 0 rings (SSSR count). The molecule has 0 aromatic carbocycles. The summed E-state index contributed by atoms with van der Waals surface area (Å²) in [5.41, 5.74) is 0. The largest absolute Gasteiger partial charge is 0.390 e. The van der Waals surface area contributed by atoms with Crippen LogP contribution in [0.25, 0.3) is 0 Å². The lowest BCUT2D eigenvalue weighted by Crippen LogP contribution is -2.24. The summed E-state index contributed by atoms with van der Waals surface area (Å²) in [7, 11) is 1.62. The fraction of sp³-hybridized carbons (Fsp3) is 1.00. The Balaban J connectivity index is 3.53. The SMILES string of the molecule is CCC(CC)C(O)COC. The topological polar surface area (TPSA) is 29.5 Å². The molecule has 1 atom stereocenters. The Morgan fingerprint density at radius 2 is 1.80 bits per heavy atom. The van der Waals surface area contributed by atoms with E-state index >= 15 is 0 Å². The van der Waals surface area contributed by atoms with Gasteiger partial charge in [0.05, 0.1) is 12.7 Å². The van der Waals surface area contributed by atoms with E-state index in [1.807, 2.05) is 0 Å². The van der Waals surface area contributed by atoms with Crippen LogP contribution < -0.4 is 0 Å². The maximum absolute atomic E-state index is 9.38. The fourth-order valence-electron chi connectivity index (χ4n) is 1.14. The highest BCUT2D eigenvalue weighted by molar-refractivity contribution is 4.64. The van der Waals surface area contributed by atoms with Crippen molar-refractivity contribution in [3.05, 3.63) is 0 Å². The molecule has 0 amide bonds. The first-order valence-corrected chi connectivity index (χ1v) is 3.93. The Bertz CT molecular complexity index is 69.7. The van der Waals surface area contributed by atoms with Crippen LogP contribution in [0.2, 0.25) is 0 Å². The number of methoxy groups -OCH3 is 1. The van der Waals surface area contributed by atoms with Gasteiger partial charge in [-0.2, -0.15) is 0 Å². The first-order valence-electron chi connectivity index (χ1n) is 3.93. The molecule has 1 unspecified atom stereocenters. The van der Waals surface area contributed by atoms with Crippen molar-refractivity contribution in [2.24, 2.45) is 5.92 Å². The highest BCUT2D eigenvalue weighted by Gasteiger charge is 2.13. The first-order chi connectivity index (χ1) is 4.76. The molecular weight excluding hydrogens is 128 g/mol. The van der Waals surface area contributed by atoms with Crippen molar-refractivity contribution in [2.45, 2.75) is 32.8 Å². The Kier molecular flexibility index (Phi) is 5.64. The van der Waals surface area contributed by atoms with Gasteiger partial charge in [-0.05, 0) is 5.92 Å². The molecule has 0 spiro atoms. The number of rotatable bonds is 5. The van der Waals surface area contributed by atoms with Gasteiger partial charge in [0.25, 0.3) is 0 Å². The quantitative estimate of drug-likeness (QED) is 0.635. The molecule has 0 fully saturated rings. The number of aliphatic hydroxyl groups is 1. The van der Waals surface area contributed by atoms with E-state index in [2.05, 4.69) is 13.8 Å². The second-order valence-corrected chi connectivity index (χ2v) is 2.60. The predicted molar refractivity (Wildman–Crippen MR) is 42.0 cm³/mol. The van der Waals surface area contributed by atoms with E-state index in [9.17, 15) is 5.11 Å². The molecule has 0 radical (unpaired) electrons. The summed E-state index contributed by atoms with van der Waals surface area (Å²) in [5.74, 6) is 0.403. The zero-order valence-corrected chi connectivity index (χ0v) is 7.13. The van der Waals surface area contributed by atoms with Gasteiger partial charge in [-0.15, -0.1) is 0 Å². The fourth-order valence-corrected chi connectivity index (χ4v) is 1.14. The second kappa shape index (κ2) is 5.69. The van der Waals surface area contributed by atoms with Gasteiger partial charge in [-0.3, -0.25) is 0 Å². The Morgan fingerprint density at radius 3 is 2.10 bits per heavy atom. The van der Waals surface area contributed by atoms with E-state index in [0.29, 0.717) is 12.5 Å². The molecule has 0 bridgehead atoms. The van der Waals surface area contributed by atoms with Gasteiger partial charge in [0, 0.05) is 7.11 Å². The summed E-state index contributed by atoms with van der Waals surface area (Å²) in [6.45, 7) is 4.65. The summed E-state index contributed by atoms with van der Waals surface area (Å²) in [6.07, 6.45) is 1.78. The summed E-state index contributed by atoms with van der Waals surface area (Å²) in [4.78, 5) is 0. The predicted octanol–water partition coefficient (Wildman–Crippen LogP) is 1.43. The average Bonchev–Trinajstić information content (AvgIpc) is 1.91. The van der Waals surface area contributed by atoms with Gasteiger partial charge in [0.1, 0.15) is 0 Å². The molecule has 0 aromatic rings.